The summed E-state index contributed by atoms with van der Waals surface area (Å²) in [6.07, 6.45) is 3.86. The number of rotatable bonds is 6. The number of carboxylic acid groups (broad SMARTS) is 1. The first-order chi connectivity index (χ1) is 9.15. The molecule has 2 rings (SSSR count). The largest absolute Gasteiger partial charge is 0.481 e. The number of hydrogen-bond acceptors (Lipinski definition) is 3. The summed E-state index contributed by atoms with van der Waals surface area (Å²) < 4.78 is 1.75. The van der Waals surface area contributed by atoms with Gasteiger partial charge in [0.15, 0.2) is 0 Å². The second kappa shape index (κ2) is 6.04. The molecule has 2 aromatic rings. The summed E-state index contributed by atoms with van der Waals surface area (Å²) in [7, 11) is 1.87. The molecule has 5 nitrogen and oxygen atoms in total. The molecule has 19 heavy (non-hydrogen) atoms. The van der Waals surface area contributed by atoms with Gasteiger partial charge in [-0.2, -0.15) is 5.10 Å². The molecule has 0 fully saturated rings. The molecule has 5 heteroatoms. The molecule has 100 valence electrons. The first-order valence-corrected chi connectivity index (χ1v) is 6.14. The monoisotopic (exact) mass is 259 g/mol. The number of nitrogens with zero attached hydrogens (tertiary/aromatic N) is 3. The van der Waals surface area contributed by atoms with Crippen molar-refractivity contribution in [1.29, 1.82) is 0 Å². The first-order valence-electron chi connectivity index (χ1n) is 6.14. The van der Waals surface area contributed by atoms with Gasteiger partial charge in [-0.05, 0) is 12.1 Å². The molecule has 1 N–H and O–H groups in total. The lowest BCUT2D eigenvalue weighted by atomic mass is 10.2. The third kappa shape index (κ3) is 3.84. The Hall–Kier alpha value is -2.30. The predicted molar refractivity (Wildman–Crippen MR) is 73.0 cm³/mol. The topological polar surface area (TPSA) is 58.4 Å². The van der Waals surface area contributed by atoms with Crippen LogP contribution in [0, 0.1) is 0 Å². The lowest BCUT2D eigenvalue weighted by molar-refractivity contribution is -0.136. The van der Waals surface area contributed by atoms with Crippen LogP contribution in [0.4, 0.5) is 5.69 Å². The van der Waals surface area contributed by atoms with Gasteiger partial charge < -0.3 is 10.0 Å². The molecule has 0 radical (unpaired) electrons. The Kier molecular flexibility index (Phi) is 4.18. The second-order valence-corrected chi connectivity index (χ2v) is 4.42. The third-order valence-corrected chi connectivity index (χ3v) is 2.85. The standard InChI is InChI=1S/C14H17N3O2/c1-16-10-12(9-15-16)11-17(8-7-14(18)19)13-5-3-2-4-6-13/h2-6,9-10H,7-8,11H2,1H3,(H,18,19). The van der Waals surface area contributed by atoms with Crippen LogP contribution in [0.25, 0.3) is 0 Å². The van der Waals surface area contributed by atoms with Crippen LogP contribution in [0.3, 0.4) is 0 Å². The number of aryl methyl sites for hydroxylation is 1. The van der Waals surface area contributed by atoms with Crippen molar-refractivity contribution in [2.75, 3.05) is 11.4 Å². The van der Waals surface area contributed by atoms with E-state index in [4.69, 9.17) is 5.11 Å². The van der Waals surface area contributed by atoms with E-state index in [1.165, 1.54) is 0 Å². The zero-order valence-corrected chi connectivity index (χ0v) is 10.9. The van der Waals surface area contributed by atoms with E-state index < -0.39 is 5.97 Å². The number of anilines is 1. The van der Waals surface area contributed by atoms with Gasteiger partial charge in [0.05, 0.1) is 12.6 Å². The van der Waals surface area contributed by atoms with E-state index in [9.17, 15) is 4.79 Å². The van der Waals surface area contributed by atoms with Crippen LogP contribution >= 0.6 is 0 Å². The van der Waals surface area contributed by atoms with Crippen molar-refractivity contribution in [3.8, 4) is 0 Å². The fraction of sp³-hybridized carbons (Fsp3) is 0.286. The number of carboxylic acids is 1. The summed E-state index contributed by atoms with van der Waals surface area (Å²) in [4.78, 5) is 12.8. The van der Waals surface area contributed by atoms with Crippen molar-refractivity contribution in [2.45, 2.75) is 13.0 Å². The minimum Gasteiger partial charge on any atom is -0.481 e. The normalized spacial score (nSPS) is 10.4. The Morgan fingerprint density at radius 3 is 2.68 bits per heavy atom. The van der Waals surface area contributed by atoms with Gasteiger partial charge in [0.2, 0.25) is 0 Å². The third-order valence-electron chi connectivity index (χ3n) is 2.85. The molecule has 0 saturated heterocycles. The maximum atomic E-state index is 10.7. The first kappa shape index (κ1) is 13.1. The molecule has 1 heterocycles. The minimum absolute atomic E-state index is 0.120. The Balaban J connectivity index is 2.12. The molecule has 0 bridgehead atoms. The Morgan fingerprint density at radius 1 is 1.37 bits per heavy atom. The Morgan fingerprint density at radius 2 is 2.11 bits per heavy atom. The van der Waals surface area contributed by atoms with E-state index in [0.717, 1.165) is 11.3 Å². The van der Waals surface area contributed by atoms with Gasteiger partial charge in [-0.25, -0.2) is 0 Å². The van der Waals surface area contributed by atoms with Crippen molar-refractivity contribution >= 4 is 11.7 Å². The molecule has 0 saturated carbocycles. The van der Waals surface area contributed by atoms with E-state index in [1.807, 2.05) is 48.5 Å². The second-order valence-electron chi connectivity index (χ2n) is 4.42. The fourth-order valence-corrected chi connectivity index (χ4v) is 1.94. The van der Waals surface area contributed by atoms with Gasteiger partial charge in [0.1, 0.15) is 0 Å². The van der Waals surface area contributed by atoms with E-state index in [0.29, 0.717) is 13.1 Å². The van der Waals surface area contributed by atoms with Crippen molar-refractivity contribution in [3.63, 3.8) is 0 Å². The minimum atomic E-state index is -0.785. The molecule has 0 amide bonds. The molecule has 0 spiro atoms. The lowest BCUT2D eigenvalue weighted by Crippen LogP contribution is -2.25. The van der Waals surface area contributed by atoms with Crippen molar-refractivity contribution < 1.29 is 9.90 Å². The average Bonchev–Trinajstić information content (AvgIpc) is 2.81. The molecule has 0 unspecified atom stereocenters. The van der Waals surface area contributed by atoms with Gasteiger partial charge in [-0.3, -0.25) is 9.48 Å². The summed E-state index contributed by atoms with van der Waals surface area (Å²) >= 11 is 0. The van der Waals surface area contributed by atoms with Gasteiger partial charge in [0.25, 0.3) is 0 Å². The summed E-state index contributed by atoms with van der Waals surface area (Å²) in [5.41, 5.74) is 2.09. The van der Waals surface area contributed by atoms with Gasteiger partial charge in [0, 0.05) is 37.6 Å². The van der Waals surface area contributed by atoms with E-state index in [-0.39, 0.29) is 6.42 Å². The number of aliphatic carboxylic acids is 1. The van der Waals surface area contributed by atoms with Crippen LogP contribution in [-0.4, -0.2) is 27.4 Å². The lowest BCUT2D eigenvalue weighted by Gasteiger charge is -2.23. The van der Waals surface area contributed by atoms with Crippen LogP contribution in [-0.2, 0) is 18.4 Å². The Bertz CT molecular complexity index is 537. The van der Waals surface area contributed by atoms with Crippen LogP contribution in [0.2, 0.25) is 0 Å². The highest BCUT2D eigenvalue weighted by molar-refractivity contribution is 5.67. The molecule has 0 aliphatic carbocycles. The maximum absolute atomic E-state index is 10.7. The summed E-state index contributed by atoms with van der Waals surface area (Å²) in [5.74, 6) is -0.785. The number of hydrogen-bond donors (Lipinski definition) is 1. The molecule has 0 aliphatic rings. The van der Waals surface area contributed by atoms with Crippen LogP contribution in [0.5, 0.6) is 0 Å². The smallest absolute Gasteiger partial charge is 0.305 e. The quantitative estimate of drug-likeness (QED) is 0.860. The summed E-state index contributed by atoms with van der Waals surface area (Å²) in [6.45, 7) is 1.14. The van der Waals surface area contributed by atoms with Crippen molar-refractivity contribution in [1.82, 2.24) is 9.78 Å². The van der Waals surface area contributed by atoms with E-state index >= 15 is 0 Å². The van der Waals surface area contributed by atoms with E-state index in [1.54, 1.807) is 10.9 Å². The summed E-state index contributed by atoms with van der Waals surface area (Å²) in [5, 5.41) is 13.0. The maximum Gasteiger partial charge on any atom is 0.305 e. The highest BCUT2D eigenvalue weighted by atomic mass is 16.4. The SMILES string of the molecule is Cn1cc(CN(CCC(=O)O)c2ccccc2)cn1. The number of benzene rings is 1. The predicted octanol–water partition coefficient (Wildman–Crippen LogP) is 1.90. The van der Waals surface area contributed by atoms with Gasteiger partial charge in [-0.15, -0.1) is 0 Å². The summed E-state index contributed by atoms with van der Waals surface area (Å²) in [6, 6.07) is 9.82. The number of aromatic nitrogens is 2. The van der Waals surface area contributed by atoms with Crippen molar-refractivity contribution in [2.24, 2.45) is 7.05 Å². The van der Waals surface area contributed by atoms with Crippen molar-refractivity contribution in [3.05, 3.63) is 48.3 Å². The van der Waals surface area contributed by atoms with Crippen LogP contribution in [0.15, 0.2) is 42.7 Å². The van der Waals surface area contributed by atoms with E-state index in [2.05, 4.69) is 5.10 Å². The molecule has 1 aromatic heterocycles. The van der Waals surface area contributed by atoms with Crippen LogP contribution < -0.4 is 4.90 Å². The van der Waals surface area contributed by atoms with Gasteiger partial charge in [-0.1, -0.05) is 18.2 Å². The zero-order valence-electron chi connectivity index (χ0n) is 10.9. The number of para-hydroxylation sites is 1. The highest BCUT2D eigenvalue weighted by Crippen LogP contribution is 2.16. The van der Waals surface area contributed by atoms with Crippen LogP contribution in [0.1, 0.15) is 12.0 Å². The molecule has 0 atom stereocenters. The molecular formula is C14H17N3O2. The zero-order chi connectivity index (χ0) is 13.7. The fourth-order valence-electron chi connectivity index (χ4n) is 1.94. The molecule has 0 aliphatic heterocycles. The highest BCUT2D eigenvalue weighted by Gasteiger charge is 2.10. The average molecular weight is 259 g/mol. The molecular weight excluding hydrogens is 242 g/mol. The molecule has 1 aromatic carbocycles. The van der Waals surface area contributed by atoms with Gasteiger partial charge >= 0.3 is 5.97 Å². The number of carbonyl (C=O) groups is 1. The Labute approximate surface area is 112 Å².